The van der Waals surface area contributed by atoms with Crippen molar-refractivity contribution < 1.29 is 22.7 Å². The van der Waals surface area contributed by atoms with Crippen LogP contribution in [0, 0.1) is 0 Å². The molecule has 4 nitrogen and oxygen atoms in total. The molecule has 0 spiro atoms. The van der Waals surface area contributed by atoms with Crippen molar-refractivity contribution in [2.45, 2.75) is 10.4 Å². The molecule has 15 heavy (non-hydrogen) atoms. The fourth-order valence-corrected chi connectivity index (χ4v) is 2.02. The maximum atomic E-state index is 12.9. The number of hydrogen-bond donors (Lipinski definition) is 1. The third-order valence-electron chi connectivity index (χ3n) is 1.61. The van der Waals surface area contributed by atoms with Gasteiger partial charge >= 0.3 is 11.5 Å². The van der Waals surface area contributed by atoms with E-state index in [1.807, 2.05) is 0 Å². The maximum absolute atomic E-state index is 12.9. The van der Waals surface area contributed by atoms with Gasteiger partial charge in [-0.25, -0.2) is 17.6 Å². The van der Waals surface area contributed by atoms with Gasteiger partial charge in [0.25, 0.3) is 0 Å². The quantitative estimate of drug-likeness (QED) is 0.885. The average Bonchev–Trinajstić information content (AvgIpc) is 2.17. The first-order valence-electron chi connectivity index (χ1n) is 3.72. The van der Waals surface area contributed by atoms with Crippen molar-refractivity contribution in [1.82, 2.24) is 0 Å². The summed E-state index contributed by atoms with van der Waals surface area (Å²) in [6.45, 7) is 0. The number of hydrogen-bond acceptors (Lipinski definition) is 3. The van der Waals surface area contributed by atoms with E-state index in [0.29, 0.717) is 0 Å². The van der Waals surface area contributed by atoms with Gasteiger partial charge < -0.3 is 5.11 Å². The third-order valence-corrected chi connectivity index (χ3v) is 3.54. The Labute approximate surface area is 90.2 Å². The molecule has 0 aliphatic heterocycles. The predicted molar refractivity (Wildman–Crippen MR) is 51.2 cm³/mol. The normalized spacial score (nSPS) is 13.5. The Bertz CT molecular complexity index is 468. The van der Waals surface area contributed by atoms with Crippen LogP contribution in [0.2, 0.25) is 5.02 Å². The lowest BCUT2D eigenvalue weighted by Crippen LogP contribution is -2.25. The maximum Gasteiger partial charge on any atom is 0.354 e. The fraction of sp³-hybridized carbons (Fsp3) is 0.125. The molecule has 1 atom stereocenters. The molecule has 1 N–H and O–H groups in total. The van der Waals surface area contributed by atoms with Gasteiger partial charge in [0.15, 0.2) is 0 Å². The van der Waals surface area contributed by atoms with E-state index >= 15 is 0 Å². The Balaban J connectivity index is 3.17. The van der Waals surface area contributed by atoms with Crippen molar-refractivity contribution >= 4 is 27.4 Å². The summed E-state index contributed by atoms with van der Waals surface area (Å²) in [5.74, 6) is -2.04. The van der Waals surface area contributed by atoms with Gasteiger partial charge in [0.1, 0.15) is 0 Å². The fourth-order valence-electron chi connectivity index (χ4n) is 0.876. The van der Waals surface area contributed by atoms with Crippen LogP contribution in [-0.2, 0) is 14.6 Å². The van der Waals surface area contributed by atoms with Gasteiger partial charge in [0.2, 0.25) is 9.84 Å². The minimum absolute atomic E-state index is 0.277. The summed E-state index contributed by atoms with van der Waals surface area (Å²) in [7, 11) is -4.48. The number of benzene rings is 1. The number of alkyl halides is 1. The highest BCUT2D eigenvalue weighted by atomic mass is 35.5. The van der Waals surface area contributed by atoms with Crippen LogP contribution >= 0.6 is 11.6 Å². The minimum Gasteiger partial charge on any atom is -0.478 e. The topological polar surface area (TPSA) is 71.4 Å². The number of carboxylic acid groups (broad SMARTS) is 1. The van der Waals surface area contributed by atoms with Crippen LogP contribution in [0.25, 0.3) is 0 Å². The van der Waals surface area contributed by atoms with Crippen molar-refractivity contribution in [1.29, 1.82) is 0 Å². The third kappa shape index (κ3) is 2.45. The predicted octanol–water partition coefficient (Wildman–Crippen LogP) is 1.49. The molecule has 1 unspecified atom stereocenters. The molecule has 7 heteroatoms. The van der Waals surface area contributed by atoms with Crippen molar-refractivity contribution in [2.75, 3.05) is 0 Å². The molecule has 1 aromatic carbocycles. The molecular weight excluding hydrogens is 247 g/mol. The van der Waals surface area contributed by atoms with Crippen LogP contribution < -0.4 is 0 Å². The van der Waals surface area contributed by atoms with Crippen molar-refractivity contribution in [3.05, 3.63) is 29.3 Å². The molecule has 1 aromatic rings. The van der Waals surface area contributed by atoms with Gasteiger partial charge in [0, 0.05) is 5.02 Å². The van der Waals surface area contributed by atoms with E-state index in [2.05, 4.69) is 0 Å². The summed E-state index contributed by atoms with van der Waals surface area (Å²) in [5, 5.41) is 8.53. The number of rotatable bonds is 3. The molecule has 82 valence electrons. The second-order valence-electron chi connectivity index (χ2n) is 2.65. The van der Waals surface area contributed by atoms with Gasteiger partial charge in [0.05, 0.1) is 4.90 Å². The van der Waals surface area contributed by atoms with Crippen LogP contribution in [0.1, 0.15) is 0 Å². The monoisotopic (exact) mass is 252 g/mol. The summed E-state index contributed by atoms with van der Waals surface area (Å²) in [6.07, 6.45) is 0. The lowest BCUT2D eigenvalue weighted by atomic mass is 10.4. The van der Waals surface area contributed by atoms with Crippen molar-refractivity contribution in [2.24, 2.45) is 0 Å². The average molecular weight is 253 g/mol. The zero-order valence-electron chi connectivity index (χ0n) is 7.22. The molecule has 0 aliphatic rings. The number of carbonyl (C=O) groups is 1. The summed E-state index contributed by atoms with van der Waals surface area (Å²) in [4.78, 5) is 9.79. The number of aliphatic carboxylic acids is 1. The summed E-state index contributed by atoms with van der Waals surface area (Å²) in [6, 6.07) is 4.58. The number of sulfone groups is 1. The van der Waals surface area contributed by atoms with E-state index in [1.165, 1.54) is 12.1 Å². The van der Waals surface area contributed by atoms with Crippen molar-refractivity contribution in [3.8, 4) is 0 Å². The molecular formula is C8H6ClFO4S. The van der Waals surface area contributed by atoms with Crippen LogP contribution in [-0.4, -0.2) is 25.0 Å². The zero-order valence-corrected chi connectivity index (χ0v) is 8.80. The molecule has 0 heterocycles. The molecule has 0 saturated heterocycles. The smallest absolute Gasteiger partial charge is 0.354 e. The van der Waals surface area contributed by atoms with E-state index in [0.717, 1.165) is 12.1 Å². The van der Waals surface area contributed by atoms with Crippen LogP contribution in [0.15, 0.2) is 29.2 Å². The lowest BCUT2D eigenvalue weighted by Gasteiger charge is -2.05. The highest BCUT2D eigenvalue weighted by Crippen LogP contribution is 2.19. The molecule has 0 aliphatic carbocycles. The van der Waals surface area contributed by atoms with Gasteiger partial charge in [-0.05, 0) is 24.3 Å². The Morgan fingerprint density at radius 2 is 1.80 bits per heavy atom. The largest absolute Gasteiger partial charge is 0.478 e. The van der Waals surface area contributed by atoms with E-state index in [9.17, 15) is 17.6 Å². The van der Waals surface area contributed by atoms with Crippen molar-refractivity contribution in [3.63, 3.8) is 0 Å². The molecule has 0 amide bonds. The first kappa shape index (κ1) is 11.9. The van der Waals surface area contributed by atoms with E-state index in [-0.39, 0.29) is 5.02 Å². The molecule has 0 saturated carbocycles. The molecule has 0 aromatic heterocycles. The second kappa shape index (κ2) is 4.16. The van der Waals surface area contributed by atoms with E-state index < -0.39 is 26.2 Å². The summed E-state index contributed by atoms with van der Waals surface area (Å²) in [5.41, 5.74) is -2.96. The minimum atomic E-state index is -4.48. The Kier molecular flexibility index (Phi) is 3.31. The highest BCUT2D eigenvalue weighted by molar-refractivity contribution is 7.92. The Morgan fingerprint density at radius 1 is 1.33 bits per heavy atom. The zero-order chi connectivity index (χ0) is 11.6. The summed E-state index contributed by atoms with van der Waals surface area (Å²) < 4.78 is 35.4. The Morgan fingerprint density at radius 3 is 2.20 bits per heavy atom. The second-order valence-corrected chi connectivity index (χ2v) is 5.06. The Hall–Kier alpha value is -1.14. The standard InChI is InChI=1S/C8H6ClFO4S/c9-5-1-3-6(4-2-5)15(13,14)7(10)8(11)12/h1-4,7H,(H,11,12). The lowest BCUT2D eigenvalue weighted by molar-refractivity contribution is -0.139. The van der Waals surface area contributed by atoms with Gasteiger partial charge in [-0.1, -0.05) is 11.6 Å². The van der Waals surface area contributed by atoms with Crippen LogP contribution in [0.5, 0.6) is 0 Å². The van der Waals surface area contributed by atoms with Gasteiger partial charge in [-0.3, -0.25) is 0 Å². The van der Waals surface area contributed by atoms with Gasteiger partial charge in [-0.15, -0.1) is 0 Å². The van der Waals surface area contributed by atoms with Crippen LogP contribution in [0.4, 0.5) is 4.39 Å². The first-order valence-corrected chi connectivity index (χ1v) is 5.64. The molecule has 0 fully saturated rings. The van der Waals surface area contributed by atoms with Crippen LogP contribution in [0.3, 0.4) is 0 Å². The molecule has 0 bridgehead atoms. The molecule has 0 radical (unpaired) electrons. The van der Waals surface area contributed by atoms with Gasteiger partial charge in [-0.2, -0.15) is 0 Å². The number of halogens is 2. The highest BCUT2D eigenvalue weighted by Gasteiger charge is 2.33. The summed E-state index contributed by atoms with van der Waals surface area (Å²) >= 11 is 5.50. The van der Waals surface area contributed by atoms with E-state index in [4.69, 9.17) is 16.7 Å². The molecule has 1 rings (SSSR count). The SMILES string of the molecule is O=C(O)C(F)S(=O)(=O)c1ccc(Cl)cc1. The van der Waals surface area contributed by atoms with E-state index in [1.54, 1.807) is 0 Å². The first-order chi connectivity index (χ1) is 6.85. The number of carboxylic acids is 1.